The molecule has 1 spiro atoms. The molecule has 2 heterocycles. The van der Waals surface area contributed by atoms with Crippen molar-refractivity contribution in [3.8, 4) is 0 Å². The van der Waals surface area contributed by atoms with E-state index < -0.39 is 0 Å². The van der Waals surface area contributed by atoms with E-state index >= 15 is 0 Å². The summed E-state index contributed by atoms with van der Waals surface area (Å²) in [7, 11) is 0. The molecule has 0 aromatic heterocycles. The average molecular weight is 376 g/mol. The Labute approximate surface area is 168 Å². The average Bonchev–Trinajstić information content (AvgIpc) is 3.36. The second-order valence-corrected chi connectivity index (χ2v) is 11.6. The summed E-state index contributed by atoms with van der Waals surface area (Å²) in [5, 5.41) is 0. The van der Waals surface area contributed by atoms with Crippen molar-refractivity contribution in [2.24, 2.45) is 16.2 Å². The number of hydrogen-bond acceptors (Lipinski definition) is 3. The van der Waals surface area contributed by atoms with Gasteiger partial charge in [0.05, 0.1) is 0 Å². The summed E-state index contributed by atoms with van der Waals surface area (Å²) >= 11 is 0. The van der Waals surface area contributed by atoms with Crippen LogP contribution in [0.4, 0.5) is 0 Å². The third-order valence-corrected chi connectivity index (χ3v) is 8.56. The molecule has 2 aliphatic heterocycles. The van der Waals surface area contributed by atoms with Gasteiger partial charge in [-0.1, -0.05) is 20.3 Å². The van der Waals surface area contributed by atoms with Crippen LogP contribution in [0.15, 0.2) is 0 Å². The van der Waals surface area contributed by atoms with Crippen molar-refractivity contribution < 1.29 is 0 Å². The van der Waals surface area contributed by atoms with Crippen LogP contribution in [0.25, 0.3) is 0 Å². The first-order valence-electron chi connectivity index (χ1n) is 12.0. The summed E-state index contributed by atoms with van der Waals surface area (Å²) in [5.74, 6) is 0. The Morgan fingerprint density at radius 1 is 0.778 bits per heavy atom. The summed E-state index contributed by atoms with van der Waals surface area (Å²) in [6.45, 7) is 20.3. The normalized spacial score (nSPS) is 30.6. The molecule has 0 bridgehead atoms. The summed E-state index contributed by atoms with van der Waals surface area (Å²) < 4.78 is 0. The first-order valence-corrected chi connectivity index (χ1v) is 12.0. The molecule has 4 rings (SSSR count). The molecule has 0 aromatic carbocycles. The van der Waals surface area contributed by atoms with Gasteiger partial charge >= 0.3 is 0 Å². The minimum absolute atomic E-state index is 0.599. The fraction of sp³-hybridized carbons (Fsp3) is 1.00. The van der Waals surface area contributed by atoms with Gasteiger partial charge in [0.15, 0.2) is 0 Å². The quantitative estimate of drug-likeness (QED) is 0.650. The summed E-state index contributed by atoms with van der Waals surface area (Å²) in [4.78, 5) is 8.24. The molecule has 4 aliphatic rings. The molecule has 3 heteroatoms. The van der Waals surface area contributed by atoms with E-state index in [9.17, 15) is 0 Å². The highest BCUT2D eigenvalue weighted by molar-refractivity contribution is 5.05. The van der Waals surface area contributed by atoms with Gasteiger partial charge in [0, 0.05) is 45.3 Å². The van der Waals surface area contributed by atoms with Crippen LogP contribution >= 0.6 is 0 Å². The van der Waals surface area contributed by atoms with Crippen molar-refractivity contribution in [1.82, 2.24) is 14.7 Å². The number of hydrogen-bond donors (Lipinski definition) is 0. The molecular weight excluding hydrogens is 330 g/mol. The molecule has 0 amide bonds. The molecule has 0 unspecified atom stereocenters. The van der Waals surface area contributed by atoms with Gasteiger partial charge in [-0.2, -0.15) is 0 Å². The van der Waals surface area contributed by atoms with Gasteiger partial charge in [-0.15, -0.1) is 0 Å². The maximum Gasteiger partial charge on any atom is 0.0113 e. The Bertz CT molecular complexity index is 486. The fourth-order valence-electron chi connectivity index (χ4n) is 7.06. The van der Waals surface area contributed by atoms with Crippen molar-refractivity contribution in [2.45, 2.75) is 85.1 Å². The molecule has 0 N–H and O–H groups in total. The Morgan fingerprint density at radius 3 is 1.89 bits per heavy atom. The highest BCUT2D eigenvalue weighted by atomic mass is 15.3. The Kier molecular flexibility index (Phi) is 5.68. The molecule has 2 saturated carbocycles. The predicted molar refractivity (Wildman–Crippen MR) is 115 cm³/mol. The van der Waals surface area contributed by atoms with Crippen molar-refractivity contribution in [3.05, 3.63) is 0 Å². The summed E-state index contributed by atoms with van der Waals surface area (Å²) in [6, 6.07) is 0.715. The van der Waals surface area contributed by atoms with Gasteiger partial charge in [-0.05, 0) is 88.1 Å². The first-order chi connectivity index (χ1) is 12.9. The van der Waals surface area contributed by atoms with E-state index in [1.165, 1.54) is 104 Å². The molecule has 3 nitrogen and oxygen atoms in total. The highest BCUT2D eigenvalue weighted by Crippen LogP contribution is 2.60. The second kappa shape index (κ2) is 7.61. The van der Waals surface area contributed by atoms with Crippen LogP contribution in [-0.2, 0) is 0 Å². The number of piperazine rings is 1. The first kappa shape index (κ1) is 20.2. The Balaban J connectivity index is 1.19. The lowest BCUT2D eigenvalue weighted by Crippen LogP contribution is -2.57. The van der Waals surface area contributed by atoms with E-state index in [1.54, 1.807) is 0 Å². The monoisotopic (exact) mass is 375 g/mol. The van der Waals surface area contributed by atoms with E-state index in [1.807, 2.05) is 0 Å². The van der Waals surface area contributed by atoms with Crippen molar-refractivity contribution in [3.63, 3.8) is 0 Å². The minimum Gasteiger partial charge on any atom is -0.303 e. The van der Waals surface area contributed by atoms with E-state index in [2.05, 4.69) is 42.4 Å². The molecule has 156 valence electrons. The lowest BCUT2D eigenvalue weighted by Gasteiger charge is -2.59. The van der Waals surface area contributed by atoms with Gasteiger partial charge in [-0.3, -0.25) is 4.90 Å². The van der Waals surface area contributed by atoms with Crippen LogP contribution in [0.5, 0.6) is 0 Å². The summed E-state index contributed by atoms with van der Waals surface area (Å²) in [5.41, 5.74) is 2.06. The zero-order chi connectivity index (χ0) is 19.1. The van der Waals surface area contributed by atoms with Gasteiger partial charge < -0.3 is 9.80 Å². The van der Waals surface area contributed by atoms with E-state index in [4.69, 9.17) is 0 Å². The molecule has 2 saturated heterocycles. The van der Waals surface area contributed by atoms with Crippen molar-refractivity contribution >= 4 is 0 Å². The zero-order valence-corrected chi connectivity index (χ0v) is 18.7. The lowest BCUT2D eigenvalue weighted by atomic mass is 9.50. The van der Waals surface area contributed by atoms with E-state index in [-0.39, 0.29) is 0 Å². The molecule has 0 aromatic rings. The fourth-order valence-corrected chi connectivity index (χ4v) is 7.06. The van der Waals surface area contributed by atoms with Gasteiger partial charge in [0.2, 0.25) is 0 Å². The molecule has 0 atom stereocenters. The molecule has 2 aliphatic carbocycles. The topological polar surface area (TPSA) is 9.72 Å². The van der Waals surface area contributed by atoms with Crippen LogP contribution < -0.4 is 0 Å². The maximum atomic E-state index is 2.83. The van der Waals surface area contributed by atoms with Gasteiger partial charge in [0.1, 0.15) is 0 Å². The molecule has 0 radical (unpaired) electrons. The lowest BCUT2D eigenvalue weighted by molar-refractivity contribution is -0.0910. The van der Waals surface area contributed by atoms with Crippen LogP contribution in [-0.4, -0.2) is 73.1 Å². The second-order valence-electron chi connectivity index (χ2n) is 11.6. The number of likely N-dealkylation sites (tertiary alicyclic amines) is 1. The molecule has 27 heavy (non-hydrogen) atoms. The van der Waals surface area contributed by atoms with Crippen LogP contribution in [0, 0.1) is 16.2 Å². The molecule has 4 fully saturated rings. The number of rotatable bonds is 7. The SMILES string of the molecule is CCCC1(CN2CCC3(CC2)CC(C)(CN2CCN(C(C)C)CC2)C3)CC1. The third-order valence-electron chi connectivity index (χ3n) is 8.56. The van der Waals surface area contributed by atoms with Gasteiger partial charge in [0.25, 0.3) is 0 Å². The van der Waals surface area contributed by atoms with Crippen molar-refractivity contribution in [2.75, 3.05) is 52.4 Å². The van der Waals surface area contributed by atoms with E-state index in [0.717, 1.165) is 5.41 Å². The van der Waals surface area contributed by atoms with E-state index in [0.29, 0.717) is 16.9 Å². The maximum absolute atomic E-state index is 2.83. The highest BCUT2D eigenvalue weighted by Gasteiger charge is 2.53. The Hall–Kier alpha value is -0.120. The molecular formula is C24H45N3. The van der Waals surface area contributed by atoms with Crippen molar-refractivity contribution in [1.29, 1.82) is 0 Å². The van der Waals surface area contributed by atoms with Crippen LogP contribution in [0.3, 0.4) is 0 Å². The van der Waals surface area contributed by atoms with Gasteiger partial charge in [-0.25, -0.2) is 0 Å². The third kappa shape index (κ3) is 4.56. The smallest absolute Gasteiger partial charge is 0.0113 e. The zero-order valence-electron chi connectivity index (χ0n) is 18.7. The minimum atomic E-state index is 0.599. The largest absolute Gasteiger partial charge is 0.303 e. The van der Waals surface area contributed by atoms with Crippen LogP contribution in [0.2, 0.25) is 0 Å². The number of nitrogens with zero attached hydrogens (tertiary/aromatic N) is 3. The number of piperidine rings is 1. The van der Waals surface area contributed by atoms with Crippen LogP contribution in [0.1, 0.15) is 79.1 Å². The standard InChI is InChI=1S/C24H45N3/c1-5-6-23(7-8-23)20-25-11-9-24(10-12-25)17-22(4,18-24)19-26-13-15-27(16-14-26)21(2)3/h21H,5-20H2,1-4H3. The predicted octanol–water partition coefficient (Wildman–Crippen LogP) is 4.48. The Morgan fingerprint density at radius 2 is 1.37 bits per heavy atom. The summed E-state index contributed by atoms with van der Waals surface area (Å²) in [6.07, 6.45) is 11.8.